The van der Waals surface area contributed by atoms with Crippen LogP contribution >= 0.6 is 0 Å². The maximum absolute atomic E-state index is 13.5. The molecule has 0 radical (unpaired) electrons. The van der Waals surface area contributed by atoms with E-state index < -0.39 is 17.3 Å². The monoisotopic (exact) mass is 396 g/mol. The number of carbonyl (C=O) groups is 3. The van der Waals surface area contributed by atoms with E-state index in [1.165, 1.54) is 29.4 Å². The van der Waals surface area contributed by atoms with E-state index in [0.717, 1.165) is 0 Å². The fourth-order valence-corrected chi connectivity index (χ4v) is 3.04. The van der Waals surface area contributed by atoms with Crippen molar-refractivity contribution >= 4 is 23.0 Å². The first kappa shape index (κ1) is 19.0. The summed E-state index contributed by atoms with van der Waals surface area (Å²) in [6.07, 6.45) is 4.32. The Labute approximate surface area is 172 Å². The SMILES string of the molecule is O=C(C(C(=O)c1ccccc1)=C(C(=O)c1ccco1)n1cccn1)c1ccccc1. The lowest BCUT2D eigenvalue weighted by atomic mass is 9.92. The summed E-state index contributed by atoms with van der Waals surface area (Å²) in [5, 5.41) is 4.11. The normalized spacial score (nSPS) is 10.4. The van der Waals surface area contributed by atoms with E-state index in [2.05, 4.69) is 5.10 Å². The molecule has 0 saturated carbocycles. The third-order valence-corrected chi connectivity index (χ3v) is 4.46. The molecule has 0 fully saturated rings. The average Bonchev–Trinajstić information content (AvgIpc) is 3.52. The number of rotatable bonds is 7. The summed E-state index contributed by atoms with van der Waals surface area (Å²) in [5.41, 5.74) is 0.123. The average molecular weight is 396 g/mol. The highest BCUT2D eigenvalue weighted by molar-refractivity contribution is 6.41. The van der Waals surface area contributed by atoms with Crippen LogP contribution in [-0.2, 0) is 0 Å². The Morgan fingerprint density at radius 3 is 1.77 bits per heavy atom. The summed E-state index contributed by atoms with van der Waals surface area (Å²) in [6, 6.07) is 21.3. The molecule has 0 amide bonds. The Hall–Kier alpha value is -4.32. The van der Waals surface area contributed by atoms with Gasteiger partial charge in [0.15, 0.2) is 17.3 Å². The second-order valence-corrected chi connectivity index (χ2v) is 6.37. The number of furan rings is 1. The first-order valence-electron chi connectivity index (χ1n) is 9.19. The number of aromatic nitrogens is 2. The first-order chi connectivity index (χ1) is 14.7. The molecule has 0 aliphatic carbocycles. The molecule has 0 atom stereocenters. The largest absolute Gasteiger partial charge is 0.461 e. The third-order valence-electron chi connectivity index (χ3n) is 4.46. The second kappa shape index (κ2) is 8.36. The molecule has 146 valence electrons. The smallest absolute Gasteiger partial charge is 0.247 e. The molecule has 0 spiro atoms. The molecule has 4 rings (SSSR count). The number of hydrogen-bond acceptors (Lipinski definition) is 5. The van der Waals surface area contributed by atoms with Gasteiger partial charge in [0.1, 0.15) is 11.3 Å². The number of carbonyl (C=O) groups excluding carboxylic acids is 3. The molecule has 4 aromatic rings. The zero-order valence-electron chi connectivity index (χ0n) is 15.8. The van der Waals surface area contributed by atoms with Crippen LogP contribution in [0.5, 0.6) is 0 Å². The number of allylic oxidation sites excluding steroid dienone is 2. The van der Waals surface area contributed by atoms with Gasteiger partial charge in [0.2, 0.25) is 5.78 Å². The van der Waals surface area contributed by atoms with Gasteiger partial charge in [-0.2, -0.15) is 5.10 Å². The van der Waals surface area contributed by atoms with Gasteiger partial charge < -0.3 is 4.42 Å². The van der Waals surface area contributed by atoms with E-state index in [-0.39, 0.29) is 28.2 Å². The van der Waals surface area contributed by atoms with E-state index in [4.69, 9.17) is 4.42 Å². The second-order valence-electron chi connectivity index (χ2n) is 6.37. The molecule has 0 N–H and O–H groups in total. The summed E-state index contributed by atoms with van der Waals surface area (Å²) < 4.78 is 6.47. The van der Waals surface area contributed by atoms with Crippen LogP contribution in [-0.4, -0.2) is 27.1 Å². The van der Waals surface area contributed by atoms with Gasteiger partial charge in [-0.15, -0.1) is 0 Å². The van der Waals surface area contributed by atoms with Gasteiger partial charge >= 0.3 is 0 Å². The molecule has 0 unspecified atom stereocenters. The predicted octanol–water partition coefficient (Wildman–Crippen LogP) is 4.34. The third kappa shape index (κ3) is 3.66. The highest BCUT2D eigenvalue weighted by atomic mass is 16.3. The number of benzene rings is 2. The van der Waals surface area contributed by atoms with Crippen LogP contribution in [0.2, 0.25) is 0 Å². The van der Waals surface area contributed by atoms with E-state index in [1.807, 2.05) is 0 Å². The topological polar surface area (TPSA) is 82.2 Å². The zero-order valence-corrected chi connectivity index (χ0v) is 15.8. The van der Waals surface area contributed by atoms with Gasteiger partial charge in [0.25, 0.3) is 0 Å². The Bertz CT molecular complexity index is 1150. The van der Waals surface area contributed by atoms with Crippen LogP contribution in [0.25, 0.3) is 5.70 Å². The molecular formula is C24H16N2O4. The van der Waals surface area contributed by atoms with Gasteiger partial charge in [-0.1, -0.05) is 60.7 Å². The predicted molar refractivity (Wildman–Crippen MR) is 110 cm³/mol. The van der Waals surface area contributed by atoms with Crippen LogP contribution in [0, 0.1) is 0 Å². The molecule has 0 aliphatic heterocycles. The minimum atomic E-state index is -0.618. The lowest BCUT2D eigenvalue weighted by Crippen LogP contribution is -2.22. The summed E-state index contributed by atoms with van der Waals surface area (Å²) in [4.78, 5) is 40.2. The number of nitrogens with zero attached hydrogens (tertiary/aromatic N) is 2. The van der Waals surface area contributed by atoms with Crippen molar-refractivity contribution in [1.82, 2.24) is 9.78 Å². The van der Waals surface area contributed by atoms with Crippen molar-refractivity contribution in [3.05, 3.63) is 120 Å². The molecule has 30 heavy (non-hydrogen) atoms. The van der Waals surface area contributed by atoms with Crippen molar-refractivity contribution in [2.24, 2.45) is 0 Å². The van der Waals surface area contributed by atoms with Crippen molar-refractivity contribution in [2.75, 3.05) is 0 Å². The molecule has 2 aromatic carbocycles. The Morgan fingerprint density at radius 1 is 0.700 bits per heavy atom. The lowest BCUT2D eigenvalue weighted by Gasteiger charge is -2.13. The Morgan fingerprint density at radius 2 is 1.30 bits per heavy atom. The van der Waals surface area contributed by atoms with Crippen LogP contribution < -0.4 is 0 Å². The fourth-order valence-electron chi connectivity index (χ4n) is 3.04. The van der Waals surface area contributed by atoms with Crippen LogP contribution in [0.4, 0.5) is 0 Å². The van der Waals surface area contributed by atoms with Gasteiger partial charge in [0.05, 0.1) is 6.26 Å². The molecule has 6 heteroatoms. The van der Waals surface area contributed by atoms with Crippen molar-refractivity contribution in [1.29, 1.82) is 0 Å². The fraction of sp³-hybridized carbons (Fsp3) is 0. The van der Waals surface area contributed by atoms with Crippen molar-refractivity contribution in [2.45, 2.75) is 0 Å². The van der Waals surface area contributed by atoms with E-state index in [0.29, 0.717) is 0 Å². The lowest BCUT2D eigenvalue weighted by molar-refractivity contribution is 0.0947. The zero-order chi connectivity index (χ0) is 20.9. The minimum Gasteiger partial charge on any atom is -0.461 e. The molecule has 0 aliphatic rings. The van der Waals surface area contributed by atoms with Crippen LogP contribution in [0.3, 0.4) is 0 Å². The maximum Gasteiger partial charge on any atom is 0.247 e. The molecular weight excluding hydrogens is 380 g/mol. The van der Waals surface area contributed by atoms with Gasteiger partial charge in [0, 0.05) is 23.5 Å². The molecule has 2 heterocycles. The molecule has 6 nitrogen and oxygen atoms in total. The van der Waals surface area contributed by atoms with E-state index in [1.54, 1.807) is 72.8 Å². The van der Waals surface area contributed by atoms with Crippen LogP contribution in [0.1, 0.15) is 31.3 Å². The molecule has 0 bridgehead atoms. The van der Waals surface area contributed by atoms with Gasteiger partial charge in [-0.25, -0.2) is 4.68 Å². The maximum atomic E-state index is 13.5. The summed E-state index contributed by atoms with van der Waals surface area (Å²) in [6.45, 7) is 0. The van der Waals surface area contributed by atoms with Gasteiger partial charge in [-0.05, 0) is 18.2 Å². The summed E-state index contributed by atoms with van der Waals surface area (Å²) in [7, 11) is 0. The van der Waals surface area contributed by atoms with Crippen molar-refractivity contribution in [3.63, 3.8) is 0 Å². The van der Waals surface area contributed by atoms with E-state index in [9.17, 15) is 14.4 Å². The first-order valence-corrected chi connectivity index (χ1v) is 9.19. The molecule has 0 saturated heterocycles. The Balaban J connectivity index is 1.99. The summed E-state index contributed by atoms with van der Waals surface area (Å²) >= 11 is 0. The highest BCUT2D eigenvalue weighted by Gasteiger charge is 2.31. The van der Waals surface area contributed by atoms with E-state index >= 15 is 0 Å². The summed E-state index contributed by atoms with van der Waals surface area (Å²) in [5.74, 6) is -1.77. The number of hydrogen-bond donors (Lipinski definition) is 0. The van der Waals surface area contributed by atoms with Gasteiger partial charge in [-0.3, -0.25) is 14.4 Å². The number of Topliss-reactive ketones (excluding diaryl/α,β-unsaturated/α-hetero) is 3. The number of ketones is 3. The molecule has 2 aromatic heterocycles. The van der Waals surface area contributed by atoms with Crippen molar-refractivity contribution in [3.8, 4) is 0 Å². The minimum absolute atomic E-state index is 0.000256. The highest BCUT2D eigenvalue weighted by Crippen LogP contribution is 2.24. The Kier molecular flexibility index (Phi) is 5.30. The quantitative estimate of drug-likeness (QED) is 0.201. The van der Waals surface area contributed by atoms with Crippen LogP contribution in [0.15, 0.2) is 108 Å². The standard InChI is InChI=1S/C24H16N2O4/c27-22(17-9-3-1-4-10-17)20(23(28)18-11-5-2-6-12-18)21(26-15-8-14-25-26)24(29)19-13-7-16-30-19/h1-16H. The van der Waals surface area contributed by atoms with Crippen molar-refractivity contribution < 1.29 is 18.8 Å².